The van der Waals surface area contributed by atoms with Crippen LogP contribution >= 0.6 is 0 Å². The van der Waals surface area contributed by atoms with E-state index in [1.165, 1.54) is 0 Å². The van der Waals surface area contributed by atoms with E-state index in [4.69, 9.17) is 4.74 Å². The van der Waals surface area contributed by atoms with Crippen molar-refractivity contribution in [1.82, 2.24) is 5.32 Å². The van der Waals surface area contributed by atoms with Gasteiger partial charge in [-0.25, -0.2) is 4.79 Å². The molecule has 4 heteroatoms. The molecule has 1 aliphatic carbocycles. The summed E-state index contributed by atoms with van der Waals surface area (Å²) in [6.07, 6.45) is 0.581. The lowest BCUT2D eigenvalue weighted by Gasteiger charge is -2.23. The van der Waals surface area contributed by atoms with Crippen LogP contribution in [0.2, 0.25) is 0 Å². The first-order valence-corrected chi connectivity index (χ1v) is 5.77. The Morgan fingerprint density at radius 3 is 2.31 bits per heavy atom. The third-order valence-corrected chi connectivity index (χ3v) is 2.70. The molecule has 4 nitrogen and oxygen atoms in total. The van der Waals surface area contributed by atoms with E-state index in [2.05, 4.69) is 19.2 Å². The van der Waals surface area contributed by atoms with Crippen LogP contribution < -0.4 is 5.32 Å². The summed E-state index contributed by atoms with van der Waals surface area (Å²) in [4.78, 5) is 11.5. The molecular weight excluding hydrogens is 206 g/mol. The highest BCUT2D eigenvalue weighted by molar-refractivity contribution is 5.68. The molecule has 1 saturated carbocycles. The fourth-order valence-corrected chi connectivity index (χ4v) is 2.13. The third-order valence-electron chi connectivity index (χ3n) is 2.70. The fourth-order valence-electron chi connectivity index (χ4n) is 2.13. The summed E-state index contributed by atoms with van der Waals surface area (Å²) in [6.45, 7) is 9.64. The van der Waals surface area contributed by atoms with E-state index in [0.29, 0.717) is 6.42 Å². The maximum Gasteiger partial charge on any atom is 0.407 e. The quantitative estimate of drug-likeness (QED) is 0.723. The molecule has 2 atom stereocenters. The van der Waals surface area contributed by atoms with Crippen LogP contribution in [0, 0.1) is 5.41 Å². The van der Waals surface area contributed by atoms with E-state index in [-0.39, 0.29) is 11.5 Å². The summed E-state index contributed by atoms with van der Waals surface area (Å²) in [5.41, 5.74) is -0.414. The molecule has 0 saturated heterocycles. The van der Waals surface area contributed by atoms with Crippen molar-refractivity contribution in [3.63, 3.8) is 0 Å². The molecule has 94 valence electrons. The Morgan fingerprint density at radius 1 is 1.38 bits per heavy atom. The summed E-state index contributed by atoms with van der Waals surface area (Å²) in [7, 11) is 0. The molecule has 1 fully saturated rings. The van der Waals surface area contributed by atoms with Gasteiger partial charge in [-0.3, -0.25) is 0 Å². The molecule has 0 aromatic heterocycles. The Kier molecular flexibility index (Phi) is 3.53. The average Bonchev–Trinajstić information content (AvgIpc) is 2.19. The lowest BCUT2D eigenvalue weighted by molar-refractivity contribution is 0.0450. The van der Waals surface area contributed by atoms with Crippen molar-refractivity contribution >= 4 is 6.09 Å². The zero-order valence-electron chi connectivity index (χ0n) is 10.8. The molecule has 0 aliphatic heterocycles. The molecule has 0 spiro atoms. The summed E-state index contributed by atoms with van der Waals surface area (Å²) in [5.74, 6) is 0. The number of aliphatic hydroxyl groups is 1. The Bertz CT molecular complexity index is 268. The monoisotopic (exact) mass is 229 g/mol. The molecule has 0 unspecified atom stereocenters. The van der Waals surface area contributed by atoms with Crippen molar-refractivity contribution in [3.05, 3.63) is 0 Å². The molecule has 0 radical (unpaired) electrons. The molecule has 16 heavy (non-hydrogen) atoms. The number of amides is 1. The molecule has 1 amide bonds. The normalized spacial score (nSPS) is 28.9. The number of carbonyl (C=O) groups excluding carboxylic acids is 1. The highest BCUT2D eigenvalue weighted by Crippen LogP contribution is 2.37. The molecule has 1 rings (SSSR count). The van der Waals surface area contributed by atoms with Crippen LogP contribution in [0.15, 0.2) is 0 Å². The minimum Gasteiger partial charge on any atom is -0.444 e. The average molecular weight is 229 g/mol. The Labute approximate surface area is 97.4 Å². The first kappa shape index (κ1) is 13.3. The summed E-state index contributed by atoms with van der Waals surface area (Å²) in [5, 5.41) is 12.5. The Hall–Kier alpha value is -0.770. The lowest BCUT2D eigenvalue weighted by atomic mass is 9.91. The van der Waals surface area contributed by atoms with Crippen molar-refractivity contribution in [1.29, 1.82) is 0 Å². The maximum atomic E-state index is 11.5. The predicted octanol–water partition coefficient (Wildman–Crippen LogP) is 2.06. The number of alkyl carbamates (subject to hydrolysis) is 1. The van der Waals surface area contributed by atoms with E-state index in [9.17, 15) is 9.90 Å². The van der Waals surface area contributed by atoms with Crippen LogP contribution in [0.25, 0.3) is 0 Å². The number of carbonyl (C=O) groups is 1. The molecule has 0 aromatic carbocycles. The zero-order valence-corrected chi connectivity index (χ0v) is 10.8. The van der Waals surface area contributed by atoms with Crippen LogP contribution in [0.1, 0.15) is 47.5 Å². The number of ether oxygens (including phenoxy) is 1. The molecule has 0 bridgehead atoms. The van der Waals surface area contributed by atoms with Crippen molar-refractivity contribution in [2.24, 2.45) is 5.41 Å². The minimum atomic E-state index is -0.497. The number of rotatable bonds is 1. The number of hydrogen-bond donors (Lipinski definition) is 2. The second-order valence-corrected chi connectivity index (χ2v) is 6.39. The van der Waals surface area contributed by atoms with Gasteiger partial charge in [0.1, 0.15) is 5.60 Å². The van der Waals surface area contributed by atoms with Gasteiger partial charge in [0.15, 0.2) is 0 Å². The second kappa shape index (κ2) is 4.24. The predicted molar refractivity (Wildman–Crippen MR) is 62.2 cm³/mol. The van der Waals surface area contributed by atoms with Crippen molar-refractivity contribution < 1.29 is 14.6 Å². The number of hydrogen-bond acceptors (Lipinski definition) is 3. The summed E-state index contributed by atoms with van der Waals surface area (Å²) >= 11 is 0. The van der Waals surface area contributed by atoms with Gasteiger partial charge in [-0.15, -0.1) is 0 Å². The summed E-state index contributed by atoms with van der Waals surface area (Å²) < 4.78 is 5.15. The van der Waals surface area contributed by atoms with Crippen LogP contribution in [-0.4, -0.2) is 28.9 Å². The van der Waals surface area contributed by atoms with Crippen LogP contribution in [0.3, 0.4) is 0 Å². The van der Waals surface area contributed by atoms with Gasteiger partial charge >= 0.3 is 6.09 Å². The van der Waals surface area contributed by atoms with E-state index in [1.807, 2.05) is 20.8 Å². The zero-order chi connectivity index (χ0) is 12.6. The SMILES string of the molecule is CC1(C)C[C@@H](O)[C@H](NC(=O)OC(C)(C)C)C1. The minimum absolute atomic E-state index is 0.0824. The van der Waals surface area contributed by atoms with Gasteiger partial charge in [0.05, 0.1) is 12.1 Å². The van der Waals surface area contributed by atoms with Crippen molar-refractivity contribution in [3.8, 4) is 0 Å². The second-order valence-electron chi connectivity index (χ2n) is 6.39. The molecular formula is C12H23NO3. The van der Waals surface area contributed by atoms with Gasteiger partial charge in [0.2, 0.25) is 0 Å². The first-order valence-electron chi connectivity index (χ1n) is 5.77. The van der Waals surface area contributed by atoms with Gasteiger partial charge < -0.3 is 15.2 Å². The van der Waals surface area contributed by atoms with E-state index in [0.717, 1.165) is 6.42 Å². The Morgan fingerprint density at radius 2 is 1.94 bits per heavy atom. The number of aliphatic hydroxyl groups excluding tert-OH is 1. The van der Waals surface area contributed by atoms with Crippen molar-refractivity contribution in [2.45, 2.75) is 65.2 Å². The number of nitrogens with one attached hydrogen (secondary N) is 1. The largest absolute Gasteiger partial charge is 0.444 e. The fraction of sp³-hybridized carbons (Fsp3) is 0.917. The smallest absolute Gasteiger partial charge is 0.407 e. The molecule has 0 heterocycles. The Balaban J connectivity index is 2.47. The van der Waals surface area contributed by atoms with Gasteiger partial charge in [-0.2, -0.15) is 0 Å². The van der Waals surface area contributed by atoms with E-state index >= 15 is 0 Å². The topological polar surface area (TPSA) is 58.6 Å². The highest BCUT2D eigenvalue weighted by Gasteiger charge is 2.39. The molecule has 0 aromatic rings. The van der Waals surface area contributed by atoms with Gasteiger partial charge in [0, 0.05) is 0 Å². The van der Waals surface area contributed by atoms with Gasteiger partial charge in [-0.05, 0) is 39.0 Å². The van der Waals surface area contributed by atoms with Gasteiger partial charge in [0.25, 0.3) is 0 Å². The molecule has 2 N–H and O–H groups in total. The summed E-state index contributed by atoms with van der Waals surface area (Å²) in [6, 6.07) is -0.190. The highest BCUT2D eigenvalue weighted by atomic mass is 16.6. The van der Waals surface area contributed by atoms with Crippen LogP contribution in [0.4, 0.5) is 4.79 Å². The third kappa shape index (κ3) is 4.00. The molecule has 1 aliphatic rings. The van der Waals surface area contributed by atoms with E-state index < -0.39 is 17.8 Å². The van der Waals surface area contributed by atoms with E-state index in [1.54, 1.807) is 0 Å². The van der Waals surface area contributed by atoms with Crippen LogP contribution in [-0.2, 0) is 4.74 Å². The standard InChI is InChI=1S/C12H23NO3/c1-11(2,3)16-10(15)13-8-6-12(4,5)7-9(8)14/h8-9,14H,6-7H2,1-5H3,(H,13,15)/t8-,9-/m1/s1. The first-order chi connectivity index (χ1) is 7.09. The van der Waals surface area contributed by atoms with Crippen LogP contribution in [0.5, 0.6) is 0 Å². The van der Waals surface area contributed by atoms with Gasteiger partial charge in [-0.1, -0.05) is 13.8 Å². The lowest BCUT2D eigenvalue weighted by Crippen LogP contribution is -2.42. The van der Waals surface area contributed by atoms with Crippen molar-refractivity contribution in [2.75, 3.05) is 0 Å². The maximum absolute atomic E-state index is 11.5.